The molecule has 0 fully saturated rings. The Balaban J connectivity index is 1.53. The molecule has 0 N–H and O–H groups in total. The smallest absolute Gasteiger partial charge is 0.0776 e. The van der Waals surface area contributed by atoms with E-state index < -0.39 is 8.07 Å². The number of hydrogen-bond donors (Lipinski definition) is 0. The topological polar surface area (TPSA) is 12.9 Å². The number of aromatic nitrogens is 1. The number of nitrogens with zero attached hydrogens (tertiary/aromatic N) is 1. The van der Waals surface area contributed by atoms with Crippen LogP contribution in [0, 0.1) is 0 Å². The molecule has 182 valence electrons. The van der Waals surface area contributed by atoms with Crippen molar-refractivity contribution in [1.82, 2.24) is 4.98 Å². The standard InChI is InChI=1S/C36H29NSi/c1-38(2,3)29-21-27-16-18-30-32(24-9-5-4-6-10-24)23-33(31-19-17-28(22-29)35(27)36(30)31)25-12-14-26(15-13-25)34-11-7-8-20-37-34/h4-23H,1-3H3. The zero-order valence-corrected chi connectivity index (χ0v) is 23.0. The Kier molecular flexibility index (Phi) is 5.21. The van der Waals surface area contributed by atoms with Crippen LogP contribution >= 0.6 is 0 Å². The van der Waals surface area contributed by atoms with Crippen LogP contribution in [0.1, 0.15) is 0 Å². The molecule has 1 aromatic heterocycles. The van der Waals surface area contributed by atoms with E-state index in [-0.39, 0.29) is 0 Å². The normalized spacial score (nSPS) is 12.1. The van der Waals surface area contributed by atoms with Gasteiger partial charge in [0.05, 0.1) is 13.8 Å². The SMILES string of the molecule is C[Si](C)(C)c1cc2ccc3c(-c4ccccc4)cc(-c4ccc(-c5ccccn5)cc4)c4ccc(c1)c2c34. The van der Waals surface area contributed by atoms with Gasteiger partial charge in [-0.25, -0.2) is 0 Å². The maximum atomic E-state index is 4.54. The van der Waals surface area contributed by atoms with Crippen LogP contribution in [-0.2, 0) is 0 Å². The van der Waals surface area contributed by atoms with E-state index in [0.29, 0.717) is 0 Å². The number of pyridine rings is 1. The predicted molar refractivity (Wildman–Crippen MR) is 167 cm³/mol. The Morgan fingerprint density at radius 2 is 1.08 bits per heavy atom. The van der Waals surface area contributed by atoms with Crippen molar-refractivity contribution in [3.63, 3.8) is 0 Å². The van der Waals surface area contributed by atoms with Crippen LogP contribution in [-0.4, -0.2) is 13.1 Å². The van der Waals surface area contributed by atoms with Gasteiger partial charge in [-0.3, -0.25) is 4.98 Å². The Morgan fingerprint density at radius 1 is 0.500 bits per heavy atom. The highest BCUT2D eigenvalue weighted by Crippen LogP contribution is 2.44. The third kappa shape index (κ3) is 3.72. The molecule has 0 aliphatic carbocycles. The first-order chi connectivity index (χ1) is 18.5. The highest BCUT2D eigenvalue weighted by Gasteiger charge is 2.21. The van der Waals surface area contributed by atoms with Crippen molar-refractivity contribution in [1.29, 1.82) is 0 Å². The number of hydrogen-bond acceptors (Lipinski definition) is 1. The maximum Gasteiger partial charge on any atom is 0.0776 e. The summed E-state index contributed by atoms with van der Waals surface area (Å²) in [5.74, 6) is 0. The predicted octanol–water partition coefficient (Wildman–Crippen LogP) is 9.53. The van der Waals surface area contributed by atoms with Gasteiger partial charge < -0.3 is 0 Å². The van der Waals surface area contributed by atoms with Gasteiger partial charge in [0.25, 0.3) is 0 Å². The van der Waals surface area contributed by atoms with Crippen molar-refractivity contribution in [2.75, 3.05) is 0 Å². The molecule has 7 aromatic rings. The second kappa shape index (κ2) is 8.65. The average molecular weight is 504 g/mol. The molecule has 0 atom stereocenters. The molecule has 6 aromatic carbocycles. The monoisotopic (exact) mass is 503 g/mol. The second-order valence-electron chi connectivity index (χ2n) is 11.3. The van der Waals surface area contributed by atoms with Gasteiger partial charge in [-0.15, -0.1) is 0 Å². The zero-order valence-electron chi connectivity index (χ0n) is 22.0. The van der Waals surface area contributed by atoms with Gasteiger partial charge in [-0.1, -0.05) is 122 Å². The molecule has 0 bridgehead atoms. The van der Waals surface area contributed by atoms with Gasteiger partial charge >= 0.3 is 0 Å². The summed E-state index contributed by atoms with van der Waals surface area (Å²) in [7, 11) is -1.44. The quantitative estimate of drug-likeness (QED) is 0.172. The van der Waals surface area contributed by atoms with Gasteiger partial charge in [0.2, 0.25) is 0 Å². The molecule has 0 saturated heterocycles. The summed E-state index contributed by atoms with van der Waals surface area (Å²) in [6.07, 6.45) is 1.85. The van der Waals surface area contributed by atoms with Crippen LogP contribution in [0.25, 0.3) is 65.8 Å². The number of benzene rings is 6. The molecule has 0 unspecified atom stereocenters. The summed E-state index contributed by atoms with van der Waals surface area (Å²) in [6.45, 7) is 7.29. The second-order valence-corrected chi connectivity index (χ2v) is 16.4. The van der Waals surface area contributed by atoms with Crippen LogP contribution in [0.3, 0.4) is 0 Å². The summed E-state index contributed by atoms with van der Waals surface area (Å²) in [5, 5.41) is 9.58. The van der Waals surface area contributed by atoms with Crippen LogP contribution in [0.4, 0.5) is 0 Å². The Morgan fingerprint density at radius 3 is 1.66 bits per heavy atom. The largest absolute Gasteiger partial charge is 0.256 e. The van der Waals surface area contributed by atoms with Gasteiger partial charge in [0.1, 0.15) is 0 Å². The van der Waals surface area contributed by atoms with Crippen molar-refractivity contribution in [2.24, 2.45) is 0 Å². The van der Waals surface area contributed by atoms with Crippen molar-refractivity contribution in [2.45, 2.75) is 19.6 Å². The Hall–Kier alpha value is -4.27. The highest BCUT2D eigenvalue weighted by atomic mass is 28.3. The van der Waals surface area contributed by atoms with E-state index >= 15 is 0 Å². The lowest BCUT2D eigenvalue weighted by atomic mass is 9.85. The molecule has 7 rings (SSSR count). The van der Waals surface area contributed by atoms with E-state index in [0.717, 1.165) is 11.3 Å². The minimum atomic E-state index is -1.44. The molecule has 0 aliphatic rings. The molecule has 2 heteroatoms. The van der Waals surface area contributed by atoms with Gasteiger partial charge in [-0.2, -0.15) is 0 Å². The molecule has 0 radical (unpaired) electrons. The van der Waals surface area contributed by atoms with Gasteiger partial charge in [0, 0.05) is 11.8 Å². The summed E-state index contributed by atoms with van der Waals surface area (Å²) in [6, 6.07) is 42.4. The van der Waals surface area contributed by atoms with Crippen LogP contribution < -0.4 is 5.19 Å². The van der Waals surface area contributed by atoms with E-state index in [9.17, 15) is 0 Å². The first-order valence-corrected chi connectivity index (χ1v) is 16.8. The molecular weight excluding hydrogens is 474 g/mol. The van der Waals surface area contributed by atoms with Crippen molar-refractivity contribution in [3.05, 3.63) is 121 Å². The maximum absolute atomic E-state index is 4.54. The first kappa shape index (κ1) is 22.9. The molecule has 1 nitrogen and oxygen atoms in total. The van der Waals surface area contributed by atoms with E-state index in [4.69, 9.17) is 0 Å². The molecule has 0 saturated carbocycles. The van der Waals surface area contributed by atoms with E-state index in [1.165, 1.54) is 59.8 Å². The van der Waals surface area contributed by atoms with Gasteiger partial charge in [0.15, 0.2) is 0 Å². The summed E-state index contributed by atoms with van der Waals surface area (Å²) < 4.78 is 0. The minimum absolute atomic E-state index is 0.998. The lowest BCUT2D eigenvalue weighted by Gasteiger charge is -2.21. The summed E-state index contributed by atoms with van der Waals surface area (Å²) in [5.41, 5.74) is 7.16. The van der Waals surface area contributed by atoms with Gasteiger partial charge in [-0.05, 0) is 72.8 Å². The van der Waals surface area contributed by atoms with E-state index in [1.807, 2.05) is 18.3 Å². The third-order valence-corrected chi connectivity index (χ3v) is 9.84. The van der Waals surface area contributed by atoms with Crippen molar-refractivity contribution < 1.29 is 0 Å². The number of rotatable bonds is 4. The van der Waals surface area contributed by atoms with Crippen molar-refractivity contribution >= 4 is 45.6 Å². The Bertz CT molecular complexity index is 1900. The van der Waals surface area contributed by atoms with Crippen molar-refractivity contribution in [3.8, 4) is 33.5 Å². The average Bonchev–Trinajstić information content (AvgIpc) is 2.96. The third-order valence-electron chi connectivity index (χ3n) is 7.82. The molecule has 0 spiro atoms. The van der Waals surface area contributed by atoms with Crippen LogP contribution in [0.5, 0.6) is 0 Å². The molecule has 0 aliphatic heterocycles. The molecule has 1 heterocycles. The molecule has 38 heavy (non-hydrogen) atoms. The summed E-state index contributed by atoms with van der Waals surface area (Å²) in [4.78, 5) is 4.54. The fourth-order valence-corrected chi connectivity index (χ4v) is 6.97. The van der Waals surface area contributed by atoms with E-state index in [2.05, 4.69) is 128 Å². The molecular formula is C36H29NSi. The first-order valence-electron chi connectivity index (χ1n) is 13.3. The highest BCUT2D eigenvalue weighted by molar-refractivity contribution is 6.89. The zero-order chi connectivity index (χ0) is 25.9. The molecule has 0 amide bonds. The van der Waals surface area contributed by atoms with Crippen LogP contribution in [0.15, 0.2) is 121 Å². The Labute approximate surface area is 224 Å². The lowest BCUT2D eigenvalue weighted by molar-refractivity contribution is 1.33. The summed E-state index contributed by atoms with van der Waals surface area (Å²) >= 11 is 0. The van der Waals surface area contributed by atoms with Crippen LogP contribution in [0.2, 0.25) is 19.6 Å². The van der Waals surface area contributed by atoms with E-state index in [1.54, 1.807) is 0 Å². The lowest BCUT2D eigenvalue weighted by Crippen LogP contribution is -2.37. The fourth-order valence-electron chi connectivity index (χ4n) is 5.80. The fraction of sp³-hybridized carbons (Fsp3) is 0.0833. The minimum Gasteiger partial charge on any atom is -0.256 e.